The van der Waals surface area contributed by atoms with Crippen molar-refractivity contribution in [3.8, 4) is 0 Å². The third-order valence-corrected chi connectivity index (χ3v) is 3.62. The fourth-order valence-corrected chi connectivity index (χ4v) is 2.47. The number of anilines is 1. The maximum Gasteiger partial charge on any atom is 0.418 e. The number of aliphatic hydroxyl groups excluding tert-OH is 1. The number of carbonyl (C=O) groups excluding carboxylic acids is 1. The van der Waals surface area contributed by atoms with E-state index in [9.17, 15) is 23.1 Å². The summed E-state index contributed by atoms with van der Waals surface area (Å²) in [5, 5.41) is 14.7. The zero-order chi connectivity index (χ0) is 18.6. The first kappa shape index (κ1) is 18.9. The highest BCUT2D eigenvalue weighted by Gasteiger charge is 2.33. The molecule has 0 radical (unpaired) electrons. The molecule has 0 unspecified atom stereocenters. The molecule has 0 saturated carbocycles. The van der Waals surface area contributed by atoms with E-state index in [0.29, 0.717) is 17.1 Å². The Bertz CT molecular complexity index is 741. The number of nitrogens with one attached hydrogen (secondary N) is 2. The molecule has 0 fully saturated rings. The third kappa shape index (κ3) is 4.99. The number of halogens is 3. The van der Waals surface area contributed by atoms with Crippen LogP contribution in [0.25, 0.3) is 0 Å². The van der Waals surface area contributed by atoms with E-state index in [1.165, 1.54) is 18.2 Å². The van der Waals surface area contributed by atoms with E-state index in [2.05, 4.69) is 10.6 Å². The number of hydrogen-bond acceptors (Lipinski definition) is 3. The molecule has 8 heteroatoms. The maximum atomic E-state index is 12.9. The van der Waals surface area contributed by atoms with Gasteiger partial charge in [-0.2, -0.15) is 13.2 Å². The Morgan fingerprint density at radius 1 is 1.28 bits per heavy atom. The van der Waals surface area contributed by atoms with Crippen molar-refractivity contribution in [3.63, 3.8) is 0 Å². The zero-order valence-electron chi connectivity index (χ0n) is 13.8. The minimum Gasteiger partial charge on any atom is -0.466 e. The van der Waals surface area contributed by atoms with Crippen LogP contribution in [0.3, 0.4) is 0 Å². The second-order valence-corrected chi connectivity index (χ2v) is 5.60. The Hall–Kier alpha value is -2.48. The molecule has 0 aliphatic rings. The van der Waals surface area contributed by atoms with Crippen LogP contribution in [0.5, 0.6) is 0 Å². The number of hydrogen-bond donors (Lipinski definition) is 3. The van der Waals surface area contributed by atoms with Gasteiger partial charge in [-0.3, -0.25) is 0 Å². The number of aryl methyl sites for hydroxylation is 2. The molecule has 136 valence electrons. The molecule has 1 aromatic heterocycles. The van der Waals surface area contributed by atoms with Crippen LogP contribution >= 0.6 is 0 Å². The van der Waals surface area contributed by atoms with Gasteiger partial charge in [0, 0.05) is 12.1 Å². The summed E-state index contributed by atoms with van der Waals surface area (Å²) in [6.07, 6.45) is -5.19. The Labute approximate surface area is 142 Å². The summed E-state index contributed by atoms with van der Waals surface area (Å²) < 4.78 is 43.9. The average molecular weight is 356 g/mol. The lowest BCUT2D eigenvalue weighted by Crippen LogP contribution is -2.31. The Kier molecular flexibility index (Phi) is 5.73. The van der Waals surface area contributed by atoms with Crippen LogP contribution in [0, 0.1) is 13.8 Å². The highest BCUT2D eigenvalue weighted by Crippen LogP contribution is 2.34. The third-order valence-electron chi connectivity index (χ3n) is 3.62. The van der Waals surface area contributed by atoms with E-state index in [-0.39, 0.29) is 18.7 Å². The van der Waals surface area contributed by atoms with Crippen LogP contribution in [0.1, 0.15) is 35.2 Å². The molecule has 2 aromatic rings. The van der Waals surface area contributed by atoms with Crippen LogP contribution in [0.4, 0.5) is 23.7 Å². The predicted octanol–water partition coefficient (Wildman–Crippen LogP) is 4.16. The molecule has 0 spiro atoms. The van der Waals surface area contributed by atoms with Crippen molar-refractivity contribution in [1.29, 1.82) is 0 Å². The quantitative estimate of drug-likeness (QED) is 0.753. The van der Waals surface area contributed by atoms with Crippen LogP contribution in [-0.4, -0.2) is 17.7 Å². The zero-order valence-corrected chi connectivity index (χ0v) is 13.8. The summed E-state index contributed by atoms with van der Waals surface area (Å²) in [6, 6.07) is 5.65. The number of urea groups is 1. The molecule has 0 aliphatic heterocycles. The number of para-hydroxylation sites is 1. The molecule has 0 aliphatic carbocycles. The summed E-state index contributed by atoms with van der Waals surface area (Å²) in [5.41, 5.74) is -0.619. The van der Waals surface area contributed by atoms with Crippen LogP contribution < -0.4 is 10.6 Å². The monoisotopic (exact) mass is 356 g/mol. The molecule has 5 nitrogen and oxygen atoms in total. The van der Waals surface area contributed by atoms with E-state index in [1.54, 1.807) is 19.9 Å². The number of carbonyl (C=O) groups is 1. The highest BCUT2D eigenvalue weighted by molar-refractivity contribution is 5.90. The summed E-state index contributed by atoms with van der Waals surface area (Å²) in [4.78, 5) is 11.8. The van der Waals surface area contributed by atoms with Crippen LogP contribution in [0.2, 0.25) is 0 Å². The fraction of sp³-hybridized carbons (Fsp3) is 0.353. The number of amides is 2. The number of aliphatic hydroxyl groups is 1. The van der Waals surface area contributed by atoms with Crippen molar-refractivity contribution in [2.75, 3.05) is 11.9 Å². The molecule has 1 atom stereocenters. The fourth-order valence-electron chi connectivity index (χ4n) is 2.47. The van der Waals surface area contributed by atoms with E-state index in [0.717, 1.165) is 6.07 Å². The maximum absolute atomic E-state index is 12.9. The van der Waals surface area contributed by atoms with Gasteiger partial charge >= 0.3 is 12.2 Å². The lowest BCUT2D eigenvalue weighted by molar-refractivity contribution is -0.136. The average Bonchev–Trinajstić information content (AvgIpc) is 2.85. The Morgan fingerprint density at radius 2 is 1.96 bits per heavy atom. The largest absolute Gasteiger partial charge is 0.466 e. The minimum absolute atomic E-state index is 0.0881. The van der Waals surface area contributed by atoms with E-state index in [4.69, 9.17) is 4.42 Å². The standard InChI is InChI=1S/C17H19F3N2O3/c1-10-9-12(11(2)25-10)15(23)7-8-21-16(24)22-14-6-4-3-5-13(14)17(18,19)20/h3-6,9,15,23H,7-8H2,1-2H3,(H2,21,22,24)/t15-/m1/s1. The molecular formula is C17H19F3N2O3. The van der Waals surface area contributed by atoms with Crippen molar-refractivity contribution in [1.82, 2.24) is 5.32 Å². The van der Waals surface area contributed by atoms with Crippen LogP contribution in [0.15, 0.2) is 34.7 Å². The summed E-state index contributed by atoms with van der Waals surface area (Å²) in [6.45, 7) is 3.57. The topological polar surface area (TPSA) is 74.5 Å². The lowest BCUT2D eigenvalue weighted by atomic mass is 10.1. The van der Waals surface area contributed by atoms with Crippen molar-refractivity contribution in [2.24, 2.45) is 0 Å². The second-order valence-electron chi connectivity index (χ2n) is 5.60. The molecule has 2 amide bonds. The van der Waals surface area contributed by atoms with Crippen molar-refractivity contribution >= 4 is 11.7 Å². The molecule has 0 bridgehead atoms. The van der Waals surface area contributed by atoms with Gasteiger partial charge in [0.2, 0.25) is 0 Å². The smallest absolute Gasteiger partial charge is 0.418 e. The Balaban J connectivity index is 1.89. The van der Waals surface area contributed by atoms with E-state index < -0.39 is 23.9 Å². The van der Waals surface area contributed by atoms with Crippen LogP contribution in [-0.2, 0) is 6.18 Å². The van der Waals surface area contributed by atoms with Crippen molar-refractivity contribution < 1.29 is 27.5 Å². The number of benzene rings is 1. The van der Waals surface area contributed by atoms with Gasteiger partial charge in [-0.05, 0) is 38.5 Å². The first-order valence-corrected chi connectivity index (χ1v) is 7.64. The number of rotatable bonds is 5. The summed E-state index contributed by atoms with van der Waals surface area (Å²) >= 11 is 0. The lowest BCUT2D eigenvalue weighted by Gasteiger charge is -2.14. The SMILES string of the molecule is Cc1cc([C@H](O)CCNC(=O)Nc2ccccc2C(F)(F)F)c(C)o1. The van der Waals surface area contributed by atoms with Gasteiger partial charge < -0.3 is 20.2 Å². The molecule has 1 aromatic carbocycles. The minimum atomic E-state index is -4.56. The summed E-state index contributed by atoms with van der Waals surface area (Å²) in [5.74, 6) is 1.26. The molecule has 2 rings (SSSR count). The second kappa shape index (κ2) is 7.60. The van der Waals surface area contributed by atoms with Gasteiger partial charge in [-0.25, -0.2) is 4.79 Å². The molecule has 0 saturated heterocycles. The van der Waals surface area contributed by atoms with Gasteiger partial charge in [-0.1, -0.05) is 12.1 Å². The molecular weight excluding hydrogens is 337 g/mol. The molecule has 25 heavy (non-hydrogen) atoms. The van der Waals surface area contributed by atoms with Gasteiger partial charge in [0.05, 0.1) is 17.4 Å². The van der Waals surface area contributed by atoms with E-state index >= 15 is 0 Å². The van der Waals surface area contributed by atoms with Gasteiger partial charge in [0.1, 0.15) is 11.5 Å². The molecule has 3 N–H and O–H groups in total. The Morgan fingerprint density at radius 3 is 2.56 bits per heavy atom. The first-order valence-electron chi connectivity index (χ1n) is 7.64. The predicted molar refractivity (Wildman–Crippen MR) is 86.2 cm³/mol. The van der Waals surface area contributed by atoms with Gasteiger partial charge in [0.25, 0.3) is 0 Å². The van der Waals surface area contributed by atoms with Crippen molar-refractivity contribution in [2.45, 2.75) is 32.5 Å². The molecule has 1 heterocycles. The van der Waals surface area contributed by atoms with E-state index in [1.807, 2.05) is 0 Å². The van der Waals surface area contributed by atoms with Crippen molar-refractivity contribution in [3.05, 3.63) is 53.0 Å². The number of alkyl halides is 3. The number of furan rings is 1. The van der Waals surface area contributed by atoms with Gasteiger partial charge in [-0.15, -0.1) is 0 Å². The summed E-state index contributed by atoms with van der Waals surface area (Å²) in [7, 11) is 0. The van der Waals surface area contributed by atoms with Gasteiger partial charge in [0.15, 0.2) is 0 Å². The first-order chi connectivity index (χ1) is 11.7. The highest BCUT2D eigenvalue weighted by atomic mass is 19.4. The normalized spacial score (nSPS) is 12.7.